The Bertz CT molecular complexity index is 502. The van der Waals surface area contributed by atoms with Crippen LogP contribution in [0.4, 0.5) is 0 Å². The molecule has 0 aliphatic rings. The number of aryl methyl sites for hydroxylation is 1. The molecule has 0 amide bonds. The predicted octanol–water partition coefficient (Wildman–Crippen LogP) is 1.90. The zero-order valence-corrected chi connectivity index (χ0v) is 11.1. The average Bonchev–Trinajstić information content (AvgIpc) is 2.77. The molecule has 0 aliphatic heterocycles. The summed E-state index contributed by atoms with van der Waals surface area (Å²) >= 11 is 0. The van der Waals surface area contributed by atoms with Crippen LogP contribution < -0.4 is 11.3 Å². The maximum Gasteiger partial charge on any atom is 0.0816 e. The number of rotatable bonds is 4. The van der Waals surface area contributed by atoms with Crippen molar-refractivity contribution in [3.8, 4) is 0 Å². The van der Waals surface area contributed by atoms with Crippen molar-refractivity contribution in [1.82, 2.24) is 15.2 Å². The van der Waals surface area contributed by atoms with Crippen molar-refractivity contribution in [2.45, 2.75) is 25.3 Å². The number of aromatic nitrogens is 2. The van der Waals surface area contributed by atoms with Crippen LogP contribution in [0.15, 0.2) is 42.6 Å². The second-order valence-corrected chi connectivity index (χ2v) is 5.10. The molecule has 2 rings (SSSR count). The van der Waals surface area contributed by atoms with Crippen molar-refractivity contribution in [3.63, 3.8) is 0 Å². The molecule has 0 saturated carbocycles. The first kappa shape index (κ1) is 12.8. The first-order chi connectivity index (χ1) is 8.55. The summed E-state index contributed by atoms with van der Waals surface area (Å²) in [7, 11) is 1.91. The Morgan fingerprint density at radius 2 is 1.89 bits per heavy atom. The summed E-state index contributed by atoms with van der Waals surface area (Å²) in [6.45, 7) is 4.34. The fraction of sp³-hybridized carbons (Fsp3) is 0.357. The highest BCUT2D eigenvalue weighted by Gasteiger charge is 2.33. The number of hydrogen-bond acceptors (Lipinski definition) is 3. The SMILES string of the molecule is Cn1ccc(C(NN)C(C)(C)c2ccccc2)n1. The fourth-order valence-corrected chi connectivity index (χ4v) is 2.28. The Kier molecular flexibility index (Phi) is 3.50. The van der Waals surface area contributed by atoms with Crippen LogP contribution in [0.1, 0.15) is 31.1 Å². The molecule has 96 valence electrons. The molecule has 4 heteroatoms. The molecule has 0 saturated heterocycles. The first-order valence-electron chi connectivity index (χ1n) is 6.07. The smallest absolute Gasteiger partial charge is 0.0816 e. The first-order valence-corrected chi connectivity index (χ1v) is 6.07. The molecule has 1 aromatic heterocycles. The summed E-state index contributed by atoms with van der Waals surface area (Å²) in [5.74, 6) is 5.74. The lowest BCUT2D eigenvalue weighted by Gasteiger charge is -2.33. The van der Waals surface area contributed by atoms with Gasteiger partial charge in [-0.2, -0.15) is 5.10 Å². The van der Waals surface area contributed by atoms with E-state index in [2.05, 4.69) is 36.5 Å². The summed E-state index contributed by atoms with van der Waals surface area (Å²) < 4.78 is 1.79. The zero-order valence-electron chi connectivity index (χ0n) is 11.1. The molecule has 0 bridgehead atoms. The van der Waals surface area contributed by atoms with E-state index in [1.165, 1.54) is 5.56 Å². The maximum absolute atomic E-state index is 5.74. The van der Waals surface area contributed by atoms with Crippen LogP contribution in [-0.2, 0) is 12.5 Å². The van der Waals surface area contributed by atoms with E-state index in [-0.39, 0.29) is 11.5 Å². The van der Waals surface area contributed by atoms with Crippen LogP contribution in [0.3, 0.4) is 0 Å². The molecule has 1 atom stereocenters. The lowest BCUT2D eigenvalue weighted by atomic mass is 9.77. The monoisotopic (exact) mass is 244 g/mol. The van der Waals surface area contributed by atoms with Gasteiger partial charge in [0.1, 0.15) is 0 Å². The van der Waals surface area contributed by atoms with Gasteiger partial charge in [0, 0.05) is 18.7 Å². The number of nitrogens with two attached hydrogens (primary N) is 1. The number of hydrogen-bond donors (Lipinski definition) is 2. The zero-order chi connectivity index (χ0) is 13.2. The number of nitrogens with one attached hydrogen (secondary N) is 1. The van der Waals surface area contributed by atoms with Crippen molar-refractivity contribution in [3.05, 3.63) is 53.9 Å². The van der Waals surface area contributed by atoms with Crippen molar-refractivity contribution >= 4 is 0 Å². The van der Waals surface area contributed by atoms with Gasteiger partial charge >= 0.3 is 0 Å². The van der Waals surface area contributed by atoms with E-state index in [0.29, 0.717) is 0 Å². The number of nitrogens with zero attached hydrogens (tertiary/aromatic N) is 2. The van der Waals surface area contributed by atoms with Crippen LogP contribution >= 0.6 is 0 Å². The molecule has 1 heterocycles. The van der Waals surface area contributed by atoms with Crippen LogP contribution in [-0.4, -0.2) is 9.78 Å². The third-order valence-corrected chi connectivity index (χ3v) is 3.44. The van der Waals surface area contributed by atoms with Crippen LogP contribution in [0.25, 0.3) is 0 Å². The second kappa shape index (κ2) is 4.92. The fourth-order valence-electron chi connectivity index (χ4n) is 2.28. The second-order valence-electron chi connectivity index (χ2n) is 5.10. The van der Waals surface area contributed by atoms with E-state index in [0.717, 1.165) is 5.69 Å². The molecule has 0 radical (unpaired) electrons. The minimum absolute atomic E-state index is 0.0268. The highest BCUT2D eigenvalue weighted by molar-refractivity contribution is 5.28. The van der Waals surface area contributed by atoms with Gasteiger partial charge in [-0.05, 0) is 11.6 Å². The van der Waals surface area contributed by atoms with Crippen molar-refractivity contribution in [1.29, 1.82) is 0 Å². The minimum Gasteiger partial charge on any atom is -0.275 e. The molecule has 18 heavy (non-hydrogen) atoms. The van der Waals surface area contributed by atoms with E-state index in [9.17, 15) is 0 Å². The van der Waals surface area contributed by atoms with Gasteiger partial charge in [-0.3, -0.25) is 16.0 Å². The van der Waals surface area contributed by atoms with Crippen LogP contribution in [0.5, 0.6) is 0 Å². The van der Waals surface area contributed by atoms with Gasteiger partial charge in [0.2, 0.25) is 0 Å². The van der Waals surface area contributed by atoms with Gasteiger partial charge < -0.3 is 0 Å². The number of hydrazine groups is 1. The molecule has 0 spiro atoms. The molecule has 1 aromatic carbocycles. The van der Waals surface area contributed by atoms with Gasteiger partial charge in [0.25, 0.3) is 0 Å². The Balaban J connectivity index is 2.38. The van der Waals surface area contributed by atoms with Crippen molar-refractivity contribution in [2.75, 3.05) is 0 Å². The largest absolute Gasteiger partial charge is 0.275 e. The average molecular weight is 244 g/mol. The Hall–Kier alpha value is -1.65. The maximum atomic E-state index is 5.74. The Morgan fingerprint density at radius 1 is 1.22 bits per heavy atom. The molecular formula is C14H20N4. The van der Waals surface area contributed by atoms with Gasteiger partial charge in [-0.15, -0.1) is 0 Å². The standard InChI is InChI=1S/C14H20N4/c1-14(2,11-7-5-4-6-8-11)13(16-15)12-9-10-18(3)17-12/h4-10,13,16H,15H2,1-3H3. The molecule has 0 fully saturated rings. The Morgan fingerprint density at radius 3 is 2.39 bits per heavy atom. The van der Waals surface area contributed by atoms with Crippen LogP contribution in [0.2, 0.25) is 0 Å². The van der Waals surface area contributed by atoms with E-state index >= 15 is 0 Å². The van der Waals surface area contributed by atoms with Gasteiger partial charge in [-0.1, -0.05) is 44.2 Å². The predicted molar refractivity (Wildman–Crippen MR) is 72.7 cm³/mol. The van der Waals surface area contributed by atoms with E-state index in [1.54, 1.807) is 4.68 Å². The van der Waals surface area contributed by atoms with Crippen molar-refractivity contribution in [2.24, 2.45) is 12.9 Å². The van der Waals surface area contributed by atoms with E-state index < -0.39 is 0 Å². The molecule has 1 unspecified atom stereocenters. The third kappa shape index (κ3) is 2.30. The topological polar surface area (TPSA) is 55.9 Å². The summed E-state index contributed by atoms with van der Waals surface area (Å²) in [4.78, 5) is 0. The summed E-state index contributed by atoms with van der Waals surface area (Å²) in [6.07, 6.45) is 1.93. The lowest BCUT2D eigenvalue weighted by Crippen LogP contribution is -2.41. The van der Waals surface area contributed by atoms with E-state index in [1.807, 2.05) is 37.5 Å². The highest BCUT2D eigenvalue weighted by atomic mass is 15.3. The Labute approximate surface area is 108 Å². The van der Waals surface area contributed by atoms with Gasteiger partial charge in [0.15, 0.2) is 0 Å². The molecule has 2 aromatic rings. The highest BCUT2D eigenvalue weighted by Crippen LogP contribution is 2.35. The lowest BCUT2D eigenvalue weighted by molar-refractivity contribution is 0.344. The normalized spacial score (nSPS) is 13.6. The molecule has 0 aliphatic carbocycles. The van der Waals surface area contributed by atoms with Gasteiger partial charge in [-0.25, -0.2) is 0 Å². The number of benzene rings is 1. The van der Waals surface area contributed by atoms with E-state index in [4.69, 9.17) is 5.84 Å². The van der Waals surface area contributed by atoms with Crippen molar-refractivity contribution < 1.29 is 0 Å². The van der Waals surface area contributed by atoms with Gasteiger partial charge in [0.05, 0.1) is 11.7 Å². The molecule has 4 nitrogen and oxygen atoms in total. The summed E-state index contributed by atoms with van der Waals surface area (Å²) in [5, 5.41) is 4.45. The minimum atomic E-state index is -0.135. The molecule has 3 N–H and O–H groups in total. The summed E-state index contributed by atoms with van der Waals surface area (Å²) in [6, 6.07) is 12.3. The van der Waals surface area contributed by atoms with Crippen LogP contribution in [0, 0.1) is 0 Å². The third-order valence-electron chi connectivity index (χ3n) is 3.44. The quantitative estimate of drug-likeness (QED) is 0.638. The molecular weight excluding hydrogens is 224 g/mol. The summed E-state index contributed by atoms with van der Waals surface area (Å²) in [5.41, 5.74) is 4.95.